The second-order valence-electron chi connectivity index (χ2n) is 6.61. The second-order valence-corrected chi connectivity index (χ2v) is 6.61. The Morgan fingerprint density at radius 3 is 2.83 bits per heavy atom. The topological polar surface area (TPSA) is 75.9 Å². The molecule has 1 aromatic rings. The van der Waals surface area contributed by atoms with Gasteiger partial charge in [-0.15, -0.1) is 0 Å². The first-order valence-electron chi connectivity index (χ1n) is 8.02. The summed E-state index contributed by atoms with van der Waals surface area (Å²) in [6, 6.07) is -0.0865. The molecule has 0 spiro atoms. The molecule has 126 valence electrons. The molecule has 3 heterocycles. The Morgan fingerprint density at radius 2 is 2.13 bits per heavy atom. The average molecular weight is 321 g/mol. The molecular weight excluding hydrogens is 298 g/mol. The first-order chi connectivity index (χ1) is 10.9. The lowest BCUT2D eigenvalue weighted by molar-refractivity contribution is -0.159. The van der Waals surface area contributed by atoms with Gasteiger partial charge in [-0.25, -0.2) is 0 Å². The van der Waals surface area contributed by atoms with Crippen molar-refractivity contribution in [3.8, 4) is 0 Å². The van der Waals surface area contributed by atoms with Crippen LogP contribution in [0, 0.1) is 6.92 Å². The summed E-state index contributed by atoms with van der Waals surface area (Å²) >= 11 is 0. The Bertz CT molecular complexity index is 625. The normalized spacial score (nSPS) is 25.0. The van der Waals surface area contributed by atoms with Crippen LogP contribution in [-0.2, 0) is 9.53 Å². The molecule has 2 amide bonds. The summed E-state index contributed by atoms with van der Waals surface area (Å²) in [5.41, 5.74) is 1.25. The van der Waals surface area contributed by atoms with Gasteiger partial charge >= 0.3 is 0 Å². The molecule has 2 aliphatic heterocycles. The molecule has 2 saturated heterocycles. The van der Waals surface area contributed by atoms with Crippen LogP contribution in [0.2, 0.25) is 0 Å². The van der Waals surface area contributed by atoms with Crippen LogP contribution in [-0.4, -0.2) is 65.7 Å². The molecule has 2 atom stereocenters. The Balaban J connectivity index is 1.81. The van der Waals surface area contributed by atoms with Crippen molar-refractivity contribution >= 4 is 11.8 Å². The van der Waals surface area contributed by atoms with Crippen molar-refractivity contribution < 1.29 is 18.8 Å². The average Bonchev–Trinajstić information content (AvgIpc) is 2.92. The van der Waals surface area contributed by atoms with Gasteiger partial charge in [0.05, 0.1) is 17.8 Å². The molecule has 7 nitrogen and oxygen atoms in total. The molecule has 7 heteroatoms. The van der Waals surface area contributed by atoms with E-state index in [0.29, 0.717) is 30.1 Å². The molecule has 0 N–H and O–H groups in total. The summed E-state index contributed by atoms with van der Waals surface area (Å²) in [5.74, 6) is 0.554. The van der Waals surface area contributed by atoms with E-state index in [9.17, 15) is 9.59 Å². The SMILES string of the molecule is Cc1onc(C(C)C)c1C(=O)N1CC[C@H]2OCC(=O)N(C)[C@H]2C1. The van der Waals surface area contributed by atoms with Crippen molar-refractivity contribution in [2.24, 2.45) is 0 Å². The van der Waals surface area contributed by atoms with Crippen molar-refractivity contribution in [3.05, 3.63) is 17.0 Å². The van der Waals surface area contributed by atoms with Crippen LogP contribution in [0.15, 0.2) is 4.52 Å². The summed E-state index contributed by atoms with van der Waals surface area (Å²) in [6.45, 7) is 6.97. The van der Waals surface area contributed by atoms with Crippen LogP contribution in [0.25, 0.3) is 0 Å². The molecule has 0 unspecified atom stereocenters. The molecule has 0 aliphatic carbocycles. The first-order valence-corrected chi connectivity index (χ1v) is 8.02. The van der Waals surface area contributed by atoms with Crippen LogP contribution in [0.1, 0.15) is 48.0 Å². The van der Waals surface area contributed by atoms with Crippen LogP contribution >= 0.6 is 0 Å². The number of likely N-dealkylation sites (tertiary alicyclic amines) is 1. The van der Waals surface area contributed by atoms with E-state index in [1.165, 1.54) is 0 Å². The van der Waals surface area contributed by atoms with E-state index in [0.717, 1.165) is 6.42 Å². The van der Waals surface area contributed by atoms with Crippen LogP contribution in [0.5, 0.6) is 0 Å². The molecule has 0 bridgehead atoms. The number of morpholine rings is 1. The largest absolute Gasteiger partial charge is 0.366 e. The van der Waals surface area contributed by atoms with Gasteiger partial charge in [0.15, 0.2) is 0 Å². The summed E-state index contributed by atoms with van der Waals surface area (Å²) in [4.78, 5) is 28.3. The molecule has 1 aromatic heterocycles. The number of hydrogen-bond acceptors (Lipinski definition) is 5. The quantitative estimate of drug-likeness (QED) is 0.817. The van der Waals surface area contributed by atoms with E-state index in [1.807, 2.05) is 13.8 Å². The Kier molecular flexibility index (Phi) is 4.14. The van der Waals surface area contributed by atoms with Gasteiger partial charge in [0, 0.05) is 20.1 Å². The number of piperidine rings is 1. The van der Waals surface area contributed by atoms with E-state index in [-0.39, 0.29) is 36.5 Å². The standard InChI is InChI=1S/C16H23N3O4/c1-9(2)15-14(10(3)23-17-15)16(21)19-6-5-12-11(7-19)18(4)13(20)8-22-12/h9,11-12H,5-8H2,1-4H3/t11-,12+/m0/s1. The highest BCUT2D eigenvalue weighted by Gasteiger charge is 2.41. The van der Waals surface area contributed by atoms with Gasteiger partial charge in [0.2, 0.25) is 5.91 Å². The van der Waals surface area contributed by atoms with E-state index >= 15 is 0 Å². The van der Waals surface area contributed by atoms with Crippen molar-refractivity contribution in [3.63, 3.8) is 0 Å². The third-order valence-electron chi connectivity index (χ3n) is 4.77. The Labute approximate surface area is 135 Å². The van der Waals surface area contributed by atoms with Gasteiger partial charge < -0.3 is 19.1 Å². The summed E-state index contributed by atoms with van der Waals surface area (Å²) in [6.07, 6.45) is 0.741. The fraction of sp³-hybridized carbons (Fsp3) is 0.688. The molecule has 0 radical (unpaired) electrons. The zero-order valence-electron chi connectivity index (χ0n) is 14.0. The highest BCUT2D eigenvalue weighted by Crippen LogP contribution is 2.27. The van der Waals surface area contributed by atoms with E-state index in [4.69, 9.17) is 9.26 Å². The highest BCUT2D eigenvalue weighted by atomic mass is 16.5. The maximum absolute atomic E-state index is 13.0. The zero-order valence-corrected chi connectivity index (χ0v) is 14.0. The summed E-state index contributed by atoms with van der Waals surface area (Å²) < 4.78 is 10.8. The molecule has 23 heavy (non-hydrogen) atoms. The Hall–Kier alpha value is -1.89. The molecule has 2 fully saturated rings. The number of carbonyl (C=O) groups excluding carboxylic acids is 2. The number of likely N-dealkylation sites (N-methyl/N-ethyl adjacent to an activating group) is 1. The minimum atomic E-state index is -0.0865. The van der Waals surface area contributed by atoms with E-state index in [1.54, 1.807) is 23.8 Å². The summed E-state index contributed by atoms with van der Waals surface area (Å²) in [7, 11) is 1.78. The second kappa shape index (κ2) is 5.96. The fourth-order valence-electron chi connectivity index (χ4n) is 3.33. The molecule has 0 saturated carbocycles. The van der Waals surface area contributed by atoms with E-state index in [2.05, 4.69) is 5.16 Å². The zero-order chi connectivity index (χ0) is 16.7. The lowest BCUT2D eigenvalue weighted by Crippen LogP contribution is -2.61. The predicted octanol–water partition coefficient (Wildman–Crippen LogP) is 1.18. The van der Waals surface area contributed by atoms with Gasteiger partial charge in [-0.1, -0.05) is 19.0 Å². The number of ether oxygens (including phenoxy) is 1. The van der Waals surface area contributed by atoms with Gasteiger partial charge in [0.1, 0.15) is 17.9 Å². The van der Waals surface area contributed by atoms with E-state index < -0.39 is 0 Å². The van der Waals surface area contributed by atoms with Crippen molar-refractivity contribution in [2.75, 3.05) is 26.7 Å². The smallest absolute Gasteiger partial charge is 0.259 e. The minimum Gasteiger partial charge on any atom is -0.366 e. The molecule has 2 aliphatic rings. The lowest BCUT2D eigenvalue weighted by atomic mass is 9.97. The van der Waals surface area contributed by atoms with Crippen LogP contribution in [0.3, 0.4) is 0 Å². The summed E-state index contributed by atoms with van der Waals surface area (Å²) in [5, 5.41) is 4.03. The van der Waals surface area contributed by atoms with Crippen molar-refractivity contribution in [1.29, 1.82) is 0 Å². The minimum absolute atomic E-state index is 0.00916. The van der Waals surface area contributed by atoms with Gasteiger partial charge in [-0.2, -0.15) is 0 Å². The van der Waals surface area contributed by atoms with Gasteiger partial charge in [-0.05, 0) is 19.3 Å². The number of aromatic nitrogens is 1. The van der Waals surface area contributed by atoms with Gasteiger partial charge in [0.25, 0.3) is 5.91 Å². The number of aryl methyl sites for hydroxylation is 1. The van der Waals surface area contributed by atoms with Crippen LogP contribution < -0.4 is 0 Å². The monoisotopic (exact) mass is 321 g/mol. The molecular formula is C16H23N3O4. The fourth-order valence-corrected chi connectivity index (χ4v) is 3.33. The molecule has 3 rings (SSSR count). The maximum atomic E-state index is 13.0. The number of amides is 2. The lowest BCUT2D eigenvalue weighted by Gasteiger charge is -2.45. The Morgan fingerprint density at radius 1 is 1.39 bits per heavy atom. The number of carbonyl (C=O) groups is 2. The number of nitrogens with zero attached hydrogens (tertiary/aromatic N) is 3. The number of fused-ring (bicyclic) bond motifs is 1. The third-order valence-corrected chi connectivity index (χ3v) is 4.77. The predicted molar refractivity (Wildman–Crippen MR) is 82.1 cm³/mol. The molecule has 0 aromatic carbocycles. The maximum Gasteiger partial charge on any atom is 0.259 e. The van der Waals surface area contributed by atoms with Crippen molar-refractivity contribution in [2.45, 2.75) is 45.3 Å². The van der Waals surface area contributed by atoms with Crippen molar-refractivity contribution in [1.82, 2.24) is 15.0 Å². The first kappa shape index (κ1) is 16.0. The third kappa shape index (κ3) is 2.73. The number of rotatable bonds is 2. The number of hydrogen-bond donors (Lipinski definition) is 0. The van der Waals surface area contributed by atoms with Crippen LogP contribution in [0.4, 0.5) is 0 Å². The van der Waals surface area contributed by atoms with Gasteiger partial charge in [-0.3, -0.25) is 9.59 Å². The highest BCUT2D eigenvalue weighted by molar-refractivity contribution is 5.96.